The number of nitrogens with one attached hydrogen (secondary N) is 1. The maximum atomic E-state index is 13.5. The Morgan fingerprint density at radius 3 is 2.55 bits per heavy atom. The quantitative estimate of drug-likeness (QED) is 0.608. The van der Waals surface area contributed by atoms with Crippen molar-refractivity contribution in [2.45, 2.75) is 0 Å². The zero-order chi connectivity index (χ0) is 14.9. The van der Waals surface area contributed by atoms with Crippen LogP contribution in [0.2, 0.25) is 0 Å². The minimum Gasteiger partial charge on any atom is -0.503 e. The van der Waals surface area contributed by atoms with Crippen LogP contribution in [0.25, 0.3) is 0 Å². The second-order valence-corrected chi connectivity index (χ2v) is 4.94. The first-order chi connectivity index (χ1) is 9.40. The van der Waals surface area contributed by atoms with E-state index in [2.05, 4.69) is 10.3 Å². The van der Waals surface area contributed by atoms with E-state index in [1.807, 2.05) is 22.6 Å². The number of aromatic nitrogens is 1. The number of anilines is 1. The molecule has 1 aromatic heterocycles. The van der Waals surface area contributed by atoms with Gasteiger partial charge >= 0.3 is 0 Å². The molecule has 0 bridgehead atoms. The zero-order valence-electron chi connectivity index (χ0n) is 9.62. The number of pyridine rings is 1. The summed E-state index contributed by atoms with van der Waals surface area (Å²) >= 11 is 2.00. The number of carbonyl (C=O) groups excluding carboxylic acids is 1. The van der Waals surface area contributed by atoms with Crippen molar-refractivity contribution < 1.29 is 23.1 Å². The summed E-state index contributed by atoms with van der Waals surface area (Å²) in [5.74, 6) is -7.28. The van der Waals surface area contributed by atoms with Crippen molar-refractivity contribution in [3.05, 3.63) is 51.0 Å². The normalized spacial score (nSPS) is 10.4. The summed E-state index contributed by atoms with van der Waals surface area (Å²) in [6, 6.07) is 3.46. The van der Waals surface area contributed by atoms with Gasteiger partial charge in [-0.1, -0.05) is 0 Å². The van der Waals surface area contributed by atoms with Crippen LogP contribution in [0.4, 0.5) is 19.0 Å². The summed E-state index contributed by atoms with van der Waals surface area (Å²) in [7, 11) is 0. The average Bonchev–Trinajstić information content (AvgIpc) is 2.43. The van der Waals surface area contributed by atoms with E-state index in [1.54, 1.807) is 6.07 Å². The lowest BCUT2D eigenvalue weighted by Crippen LogP contribution is -2.15. The number of aromatic hydroxyl groups is 1. The summed E-state index contributed by atoms with van der Waals surface area (Å²) in [5.41, 5.74) is -0.818. The van der Waals surface area contributed by atoms with Gasteiger partial charge < -0.3 is 10.4 Å². The highest BCUT2D eigenvalue weighted by Gasteiger charge is 2.22. The molecule has 0 unspecified atom stereocenters. The van der Waals surface area contributed by atoms with Gasteiger partial charge in [0.15, 0.2) is 17.4 Å². The van der Waals surface area contributed by atoms with Crippen LogP contribution in [-0.4, -0.2) is 16.0 Å². The first-order valence-corrected chi connectivity index (χ1v) is 6.27. The van der Waals surface area contributed by atoms with E-state index in [-0.39, 0.29) is 5.82 Å². The fourth-order valence-corrected chi connectivity index (χ4v) is 1.71. The molecular formula is C12H6F3IN2O2. The van der Waals surface area contributed by atoms with Crippen LogP contribution in [0.15, 0.2) is 24.4 Å². The van der Waals surface area contributed by atoms with E-state index in [0.717, 1.165) is 3.57 Å². The van der Waals surface area contributed by atoms with Crippen molar-refractivity contribution in [2.24, 2.45) is 0 Å². The molecule has 104 valence electrons. The molecule has 2 rings (SSSR count). The second-order valence-electron chi connectivity index (χ2n) is 3.70. The number of hydrogen-bond acceptors (Lipinski definition) is 3. The van der Waals surface area contributed by atoms with Crippen molar-refractivity contribution in [1.82, 2.24) is 4.98 Å². The Balaban J connectivity index is 2.32. The molecular weight excluding hydrogens is 388 g/mol. The Labute approximate surface area is 124 Å². The van der Waals surface area contributed by atoms with Crippen molar-refractivity contribution in [2.75, 3.05) is 5.32 Å². The van der Waals surface area contributed by atoms with Crippen molar-refractivity contribution in [1.29, 1.82) is 0 Å². The fourth-order valence-electron chi connectivity index (χ4n) is 1.39. The average molecular weight is 394 g/mol. The van der Waals surface area contributed by atoms with Gasteiger partial charge in [-0.2, -0.15) is 4.39 Å². The molecule has 0 aliphatic rings. The van der Waals surface area contributed by atoms with E-state index in [4.69, 9.17) is 5.11 Å². The lowest BCUT2D eigenvalue weighted by Gasteiger charge is -2.07. The second kappa shape index (κ2) is 5.65. The van der Waals surface area contributed by atoms with Gasteiger partial charge in [0.25, 0.3) is 5.91 Å². The summed E-state index contributed by atoms with van der Waals surface area (Å²) in [5, 5.41) is 11.2. The number of benzene rings is 1. The van der Waals surface area contributed by atoms with Crippen molar-refractivity contribution in [3.63, 3.8) is 0 Å². The molecule has 0 saturated carbocycles. The SMILES string of the molecule is O=C(Nc1ccc(I)cn1)c1cc(F)c(F)c(O)c1F. The van der Waals surface area contributed by atoms with E-state index < -0.39 is 34.7 Å². The van der Waals surface area contributed by atoms with Gasteiger partial charge in [-0.25, -0.2) is 13.8 Å². The molecule has 0 fully saturated rings. The van der Waals surface area contributed by atoms with Gasteiger partial charge in [0.05, 0.1) is 5.56 Å². The highest BCUT2D eigenvalue weighted by atomic mass is 127. The molecule has 0 saturated heterocycles. The van der Waals surface area contributed by atoms with Crippen LogP contribution in [0.3, 0.4) is 0 Å². The molecule has 0 spiro atoms. The number of phenolic OH excluding ortho intramolecular Hbond substituents is 1. The third-order valence-electron chi connectivity index (χ3n) is 2.35. The third-order valence-corrected chi connectivity index (χ3v) is 2.98. The predicted octanol–water partition coefficient (Wildman–Crippen LogP) is 3.06. The van der Waals surface area contributed by atoms with Gasteiger partial charge in [-0.15, -0.1) is 0 Å². The van der Waals surface area contributed by atoms with E-state index >= 15 is 0 Å². The Bertz CT molecular complexity index is 677. The molecule has 1 heterocycles. The van der Waals surface area contributed by atoms with Gasteiger partial charge in [0.2, 0.25) is 5.82 Å². The number of phenols is 1. The number of carbonyl (C=O) groups is 1. The zero-order valence-corrected chi connectivity index (χ0v) is 11.8. The number of hydrogen-bond donors (Lipinski definition) is 2. The largest absolute Gasteiger partial charge is 0.503 e. The number of amides is 1. The first-order valence-electron chi connectivity index (χ1n) is 5.19. The molecule has 2 N–H and O–H groups in total. The van der Waals surface area contributed by atoms with Crippen LogP contribution in [0.1, 0.15) is 10.4 Å². The minimum absolute atomic E-state index is 0.110. The number of halogens is 4. The highest BCUT2D eigenvalue weighted by Crippen LogP contribution is 2.26. The standard InChI is InChI=1S/C12H6F3IN2O2/c13-7-3-6(9(14)11(19)10(7)15)12(20)18-8-2-1-5(16)4-17-8/h1-4,19H,(H,17,18,20). The van der Waals surface area contributed by atoms with E-state index in [1.165, 1.54) is 12.3 Å². The highest BCUT2D eigenvalue weighted by molar-refractivity contribution is 14.1. The van der Waals surface area contributed by atoms with E-state index in [0.29, 0.717) is 6.07 Å². The van der Waals surface area contributed by atoms with Crippen LogP contribution in [-0.2, 0) is 0 Å². The molecule has 0 aliphatic heterocycles. The van der Waals surface area contributed by atoms with Gasteiger partial charge in [0, 0.05) is 9.77 Å². The van der Waals surface area contributed by atoms with Crippen LogP contribution >= 0.6 is 22.6 Å². The Hall–Kier alpha value is -1.84. The molecule has 8 heteroatoms. The maximum Gasteiger partial charge on any atom is 0.260 e. The Kier molecular flexibility index (Phi) is 4.12. The van der Waals surface area contributed by atoms with Crippen molar-refractivity contribution >= 4 is 34.3 Å². The predicted molar refractivity (Wildman–Crippen MR) is 72.9 cm³/mol. The van der Waals surface area contributed by atoms with Gasteiger partial charge in [0.1, 0.15) is 5.82 Å². The summed E-state index contributed by atoms with van der Waals surface area (Å²) in [6.45, 7) is 0. The molecule has 1 amide bonds. The van der Waals surface area contributed by atoms with Gasteiger partial charge in [-0.3, -0.25) is 4.79 Å². The van der Waals surface area contributed by atoms with E-state index in [9.17, 15) is 18.0 Å². The Morgan fingerprint density at radius 1 is 1.25 bits per heavy atom. The molecule has 1 aromatic carbocycles. The topological polar surface area (TPSA) is 62.2 Å². The summed E-state index contributed by atoms with van der Waals surface area (Å²) in [6.07, 6.45) is 1.45. The third kappa shape index (κ3) is 2.84. The fraction of sp³-hybridized carbons (Fsp3) is 0. The molecule has 0 atom stereocenters. The smallest absolute Gasteiger partial charge is 0.260 e. The first kappa shape index (κ1) is 14.6. The molecule has 0 radical (unpaired) electrons. The minimum atomic E-state index is -1.74. The van der Waals surface area contributed by atoms with Gasteiger partial charge in [-0.05, 0) is 40.8 Å². The molecule has 4 nitrogen and oxygen atoms in total. The van der Waals surface area contributed by atoms with Crippen LogP contribution in [0.5, 0.6) is 5.75 Å². The Morgan fingerprint density at radius 2 is 1.95 bits per heavy atom. The molecule has 2 aromatic rings. The molecule has 0 aliphatic carbocycles. The summed E-state index contributed by atoms with van der Waals surface area (Å²) < 4.78 is 40.3. The number of nitrogens with zero attached hydrogens (tertiary/aromatic N) is 1. The van der Waals surface area contributed by atoms with Crippen LogP contribution < -0.4 is 5.32 Å². The lowest BCUT2D eigenvalue weighted by atomic mass is 10.1. The van der Waals surface area contributed by atoms with Crippen LogP contribution in [0, 0.1) is 21.0 Å². The number of rotatable bonds is 2. The maximum absolute atomic E-state index is 13.5. The van der Waals surface area contributed by atoms with Crippen molar-refractivity contribution in [3.8, 4) is 5.75 Å². The monoisotopic (exact) mass is 394 g/mol. The lowest BCUT2D eigenvalue weighted by molar-refractivity contribution is 0.102. The summed E-state index contributed by atoms with van der Waals surface area (Å²) in [4.78, 5) is 15.6. The molecule has 20 heavy (non-hydrogen) atoms.